The molecule has 29 heavy (non-hydrogen) atoms. The number of fused-ring (bicyclic) bond motifs is 1. The minimum atomic E-state index is -0.831. The second-order valence-electron chi connectivity index (χ2n) is 6.82. The minimum Gasteiger partial charge on any atom is -0.491 e. The zero-order valence-corrected chi connectivity index (χ0v) is 18.1. The number of halogens is 1. The lowest BCUT2D eigenvalue weighted by molar-refractivity contribution is 0.0915. The van der Waals surface area contributed by atoms with Crippen LogP contribution in [0.2, 0.25) is 0 Å². The fourth-order valence-corrected chi connectivity index (χ4v) is 4.22. The second-order valence-corrected chi connectivity index (χ2v) is 8.59. The van der Waals surface area contributed by atoms with E-state index in [0.29, 0.717) is 16.0 Å². The maximum atomic E-state index is 13.1. The van der Waals surface area contributed by atoms with Crippen LogP contribution in [-0.2, 0) is 6.54 Å². The van der Waals surface area contributed by atoms with E-state index in [-0.39, 0.29) is 18.7 Å². The SMILES string of the molecule is Cc1ccc(OC[C@H](O)Cn2cnc3scc(-c4ccc(Br)cc4)c3c2=O)cc1. The molecular formula is C22H19BrN2O3S. The summed E-state index contributed by atoms with van der Waals surface area (Å²) in [6.07, 6.45) is 0.657. The van der Waals surface area contributed by atoms with E-state index in [9.17, 15) is 9.90 Å². The zero-order chi connectivity index (χ0) is 20.4. The van der Waals surface area contributed by atoms with E-state index in [0.717, 1.165) is 21.2 Å². The van der Waals surface area contributed by atoms with E-state index in [1.54, 1.807) is 0 Å². The van der Waals surface area contributed by atoms with E-state index >= 15 is 0 Å². The molecular weight excluding hydrogens is 452 g/mol. The van der Waals surface area contributed by atoms with E-state index in [2.05, 4.69) is 20.9 Å². The maximum Gasteiger partial charge on any atom is 0.262 e. The number of hydrogen-bond acceptors (Lipinski definition) is 5. The predicted molar refractivity (Wildman–Crippen MR) is 120 cm³/mol. The van der Waals surface area contributed by atoms with Gasteiger partial charge >= 0.3 is 0 Å². The standard InChI is InChI=1S/C22H19BrN2O3S/c1-14-2-8-18(9-3-14)28-11-17(26)10-25-13-24-21-20(22(25)27)19(12-29-21)15-4-6-16(23)7-5-15/h2-9,12-13,17,26H,10-11H2,1H3/t17-/m1/s1. The van der Waals surface area contributed by atoms with Gasteiger partial charge in [0, 0.05) is 15.4 Å². The summed E-state index contributed by atoms with van der Waals surface area (Å²) in [5.41, 5.74) is 2.79. The van der Waals surface area contributed by atoms with Gasteiger partial charge in [-0.15, -0.1) is 11.3 Å². The Morgan fingerprint density at radius 3 is 2.62 bits per heavy atom. The van der Waals surface area contributed by atoms with E-state index in [1.807, 2.05) is 60.8 Å². The van der Waals surface area contributed by atoms with Crippen LogP contribution in [0.15, 0.2) is 69.5 Å². The molecule has 0 radical (unpaired) electrons. The summed E-state index contributed by atoms with van der Waals surface area (Å²) >= 11 is 4.87. The van der Waals surface area contributed by atoms with Crippen molar-refractivity contribution in [3.8, 4) is 16.9 Å². The van der Waals surface area contributed by atoms with Crippen molar-refractivity contribution in [2.24, 2.45) is 0 Å². The number of hydrogen-bond donors (Lipinski definition) is 1. The summed E-state index contributed by atoms with van der Waals surface area (Å²) in [6, 6.07) is 15.4. The quantitative estimate of drug-likeness (QED) is 0.445. The highest BCUT2D eigenvalue weighted by Crippen LogP contribution is 2.31. The van der Waals surface area contributed by atoms with Gasteiger partial charge in [0.25, 0.3) is 5.56 Å². The van der Waals surface area contributed by atoms with Crippen LogP contribution in [0.25, 0.3) is 21.3 Å². The molecule has 0 saturated carbocycles. The topological polar surface area (TPSA) is 64.3 Å². The van der Waals surface area contributed by atoms with Crippen LogP contribution >= 0.6 is 27.3 Å². The van der Waals surface area contributed by atoms with Crippen molar-refractivity contribution in [1.82, 2.24) is 9.55 Å². The third-order valence-electron chi connectivity index (χ3n) is 4.59. The number of benzene rings is 2. The van der Waals surface area contributed by atoms with Crippen molar-refractivity contribution in [1.29, 1.82) is 0 Å². The van der Waals surface area contributed by atoms with E-state index < -0.39 is 6.10 Å². The number of rotatable bonds is 6. The van der Waals surface area contributed by atoms with Gasteiger partial charge < -0.3 is 9.84 Å². The molecule has 5 nitrogen and oxygen atoms in total. The number of aryl methyl sites for hydroxylation is 1. The lowest BCUT2D eigenvalue weighted by Gasteiger charge is -2.14. The molecule has 2 aromatic heterocycles. The summed E-state index contributed by atoms with van der Waals surface area (Å²) in [4.78, 5) is 18.2. The molecule has 0 bridgehead atoms. The van der Waals surface area contributed by atoms with Crippen LogP contribution in [0.1, 0.15) is 5.56 Å². The molecule has 2 heterocycles. The Hall–Kier alpha value is -2.48. The lowest BCUT2D eigenvalue weighted by Crippen LogP contribution is -2.30. The Labute approximate surface area is 180 Å². The highest BCUT2D eigenvalue weighted by atomic mass is 79.9. The number of thiophene rings is 1. The summed E-state index contributed by atoms with van der Waals surface area (Å²) in [5, 5.41) is 12.9. The molecule has 4 rings (SSSR count). The number of aliphatic hydroxyl groups is 1. The Balaban J connectivity index is 1.55. The normalized spacial score (nSPS) is 12.2. The highest BCUT2D eigenvalue weighted by Gasteiger charge is 2.15. The molecule has 4 aromatic rings. The van der Waals surface area contributed by atoms with Gasteiger partial charge in [0.05, 0.1) is 18.3 Å². The summed E-state index contributed by atoms with van der Waals surface area (Å²) in [5.74, 6) is 0.686. The number of aliphatic hydroxyl groups excluding tert-OH is 1. The van der Waals surface area contributed by atoms with Gasteiger partial charge in [0.1, 0.15) is 23.3 Å². The number of nitrogens with zero attached hydrogens (tertiary/aromatic N) is 2. The number of aromatic nitrogens is 2. The maximum absolute atomic E-state index is 13.1. The van der Waals surface area contributed by atoms with Gasteiger partial charge in [-0.3, -0.25) is 9.36 Å². The molecule has 0 aliphatic carbocycles. The third kappa shape index (κ3) is 4.42. The van der Waals surface area contributed by atoms with Gasteiger partial charge in [0.2, 0.25) is 0 Å². The fraction of sp³-hybridized carbons (Fsp3) is 0.182. The third-order valence-corrected chi connectivity index (χ3v) is 6.00. The first kappa shape index (κ1) is 19.8. The predicted octanol–water partition coefficient (Wildman–Crippen LogP) is 4.64. The molecule has 1 atom stereocenters. The van der Waals surface area contributed by atoms with Gasteiger partial charge in [-0.05, 0) is 36.8 Å². The molecule has 7 heteroatoms. The molecule has 0 amide bonds. The van der Waals surface area contributed by atoms with Crippen LogP contribution in [0, 0.1) is 6.92 Å². The van der Waals surface area contributed by atoms with Crippen LogP contribution in [0.5, 0.6) is 5.75 Å². The van der Waals surface area contributed by atoms with Gasteiger partial charge in [-0.1, -0.05) is 45.8 Å². The average Bonchev–Trinajstić information content (AvgIpc) is 3.15. The van der Waals surface area contributed by atoms with Crippen molar-refractivity contribution < 1.29 is 9.84 Å². The van der Waals surface area contributed by atoms with Crippen LogP contribution in [0.3, 0.4) is 0 Å². The van der Waals surface area contributed by atoms with Gasteiger partial charge in [-0.25, -0.2) is 4.98 Å². The van der Waals surface area contributed by atoms with Gasteiger partial charge in [-0.2, -0.15) is 0 Å². The zero-order valence-electron chi connectivity index (χ0n) is 15.7. The largest absolute Gasteiger partial charge is 0.491 e. The van der Waals surface area contributed by atoms with Crippen molar-refractivity contribution >= 4 is 37.5 Å². The molecule has 2 aromatic carbocycles. The number of ether oxygens (including phenoxy) is 1. The van der Waals surface area contributed by atoms with E-state index in [4.69, 9.17) is 4.74 Å². The van der Waals surface area contributed by atoms with Gasteiger partial charge in [0.15, 0.2) is 0 Å². The monoisotopic (exact) mass is 470 g/mol. The molecule has 1 N–H and O–H groups in total. The summed E-state index contributed by atoms with van der Waals surface area (Å²) in [7, 11) is 0. The first-order chi connectivity index (χ1) is 14.0. The first-order valence-electron chi connectivity index (χ1n) is 9.11. The molecule has 0 fully saturated rings. The van der Waals surface area contributed by atoms with Crippen LogP contribution in [0.4, 0.5) is 0 Å². The molecule has 148 valence electrons. The van der Waals surface area contributed by atoms with Crippen LogP contribution < -0.4 is 10.3 Å². The average molecular weight is 471 g/mol. The molecule has 0 saturated heterocycles. The first-order valence-corrected chi connectivity index (χ1v) is 10.8. The fourth-order valence-electron chi connectivity index (χ4n) is 3.05. The lowest BCUT2D eigenvalue weighted by atomic mass is 10.1. The van der Waals surface area contributed by atoms with Crippen molar-refractivity contribution in [3.05, 3.63) is 80.6 Å². The highest BCUT2D eigenvalue weighted by molar-refractivity contribution is 9.10. The minimum absolute atomic E-state index is 0.0940. The molecule has 0 aliphatic rings. The Bertz CT molecular complexity index is 1180. The Kier molecular flexibility index (Phi) is 5.80. The van der Waals surface area contributed by atoms with Crippen molar-refractivity contribution in [2.75, 3.05) is 6.61 Å². The van der Waals surface area contributed by atoms with Crippen molar-refractivity contribution in [3.63, 3.8) is 0 Å². The Morgan fingerprint density at radius 1 is 1.17 bits per heavy atom. The summed E-state index contributed by atoms with van der Waals surface area (Å²) < 4.78 is 8.05. The molecule has 0 aliphatic heterocycles. The van der Waals surface area contributed by atoms with Crippen LogP contribution in [-0.4, -0.2) is 27.4 Å². The molecule has 0 spiro atoms. The van der Waals surface area contributed by atoms with Crippen molar-refractivity contribution in [2.45, 2.75) is 19.6 Å². The molecule has 0 unspecified atom stereocenters. The smallest absolute Gasteiger partial charge is 0.262 e. The van der Waals surface area contributed by atoms with E-state index in [1.165, 1.54) is 22.2 Å². The summed E-state index contributed by atoms with van der Waals surface area (Å²) in [6.45, 7) is 2.21. The Morgan fingerprint density at radius 2 is 1.90 bits per heavy atom. The second kappa shape index (κ2) is 8.49.